The van der Waals surface area contributed by atoms with Gasteiger partial charge in [-0.15, -0.1) is 0 Å². The zero-order chi connectivity index (χ0) is 14.5. The lowest BCUT2D eigenvalue weighted by molar-refractivity contribution is 0.547. The topological polar surface area (TPSA) is 12.0 Å². The highest BCUT2D eigenvalue weighted by Crippen LogP contribution is 2.27. The van der Waals surface area contributed by atoms with E-state index in [4.69, 9.17) is 11.6 Å². The molecular formula is C16H16BrClIN. The maximum Gasteiger partial charge on any atom is 0.0408 e. The normalized spacial score (nSPS) is 12.4. The SMILES string of the molecule is CCNC(Cc1cccc(Cl)c1)c1cc(Br)ccc1I. The summed E-state index contributed by atoms with van der Waals surface area (Å²) in [7, 11) is 0. The molecule has 1 N–H and O–H groups in total. The molecule has 0 amide bonds. The fourth-order valence-electron chi connectivity index (χ4n) is 2.22. The maximum absolute atomic E-state index is 6.08. The van der Waals surface area contributed by atoms with Gasteiger partial charge in [0.05, 0.1) is 0 Å². The van der Waals surface area contributed by atoms with E-state index in [9.17, 15) is 0 Å². The first-order valence-corrected chi connectivity index (χ1v) is 8.78. The van der Waals surface area contributed by atoms with E-state index >= 15 is 0 Å². The average Bonchev–Trinajstić information content (AvgIpc) is 2.41. The summed E-state index contributed by atoms with van der Waals surface area (Å²) < 4.78 is 2.39. The summed E-state index contributed by atoms with van der Waals surface area (Å²) in [6.45, 7) is 3.07. The largest absolute Gasteiger partial charge is 0.310 e. The Morgan fingerprint density at radius 3 is 2.75 bits per heavy atom. The molecule has 0 spiro atoms. The van der Waals surface area contributed by atoms with Crippen molar-refractivity contribution in [1.82, 2.24) is 5.32 Å². The summed E-state index contributed by atoms with van der Waals surface area (Å²) in [5.41, 5.74) is 2.57. The molecular weight excluding hydrogens is 448 g/mol. The molecule has 0 aliphatic heterocycles. The zero-order valence-corrected chi connectivity index (χ0v) is 15.7. The van der Waals surface area contributed by atoms with Crippen LogP contribution in [0.25, 0.3) is 0 Å². The third kappa shape index (κ3) is 4.45. The van der Waals surface area contributed by atoms with Crippen molar-refractivity contribution in [3.8, 4) is 0 Å². The van der Waals surface area contributed by atoms with E-state index in [0.717, 1.165) is 22.5 Å². The molecule has 1 nitrogen and oxygen atoms in total. The molecule has 1 atom stereocenters. The summed E-state index contributed by atoms with van der Waals surface area (Å²) in [5.74, 6) is 0. The number of nitrogens with one attached hydrogen (secondary N) is 1. The van der Waals surface area contributed by atoms with E-state index in [1.807, 2.05) is 18.2 Å². The van der Waals surface area contributed by atoms with Gasteiger partial charge >= 0.3 is 0 Å². The Balaban J connectivity index is 2.29. The summed E-state index contributed by atoms with van der Waals surface area (Å²) in [5, 5.41) is 4.36. The van der Waals surface area contributed by atoms with Crippen molar-refractivity contribution in [3.05, 3.63) is 66.7 Å². The highest BCUT2D eigenvalue weighted by atomic mass is 127. The molecule has 4 heteroatoms. The molecule has 0 saturated carbocycles. The number of hydrogen-bond donors (Lipinski definition) is 1. The van der Waals surface area contributed by atoms with Gasteiger partial charge in [-0.3, -0.25) is 0 Å². The van der Waals surface area contributed by atoms with Gasteiger partial charge in [0.15, 0.2) is 0 Å². The van der Waals surface area contributed by atoms with Gasteiger partial charge in [-0.2, -0.15) is 0 Å². The van der Waals surface area contributed by atoms with Crippen LogP contribution in [0.4, 0.5) is 0 Å². The quantitative estimate of drug-likeness (QED) is 0.568. The van der Waals surface area contributed by atoms with Crippen LogP contribution in [0.2, 0.25) is 5.02 Å². The van der Waals surface area contributed by atoms with Gasteiger partial charge in [0.1, 0.15) is 0 Å². The molecule has 0 aliphatic carbocycles. The van der Waals surface area contributed by atoms with Crippen molar-refractivity contribution in [2.24, 2.45) is 0 Å². The molecule has 0 fully saturated rings. The second-order valence-electron chi connectivity index (χ2n) is 4.61. The lowest BCUT2D eigenvalue weighted by Crippen LogP contribution is -2.23. The highest BCUT2D eigenvalue weighted by molar-refractivity contribution is 14.1. The van der Waals surface area contributed by atoms with Crippen LogP contribution in [-0.2, 0) is 6.42 Å². The summed E-state index contributed by atoms with van der Waals surface area (Å²) in [6, 6.07) is 14.8. The van der Waals surface area contributed by atoms with Crippen LogP contribution >= 0.6 is 50.1 Å². The van der Waals surface area contributed by atoms with Gasteiger partial charge < -0.3 is 5.32 Å². The van der Waals surface area contributed by atoms with Crippen LogP contribution in [0.15, 0.2) is 46.9 Å². The lowest BCUT2D eigenvalue weighted by atomic mass is 9.99. The van der Waals surface area contributed by atoms with Gasteiger partial charge in [0.25, 0.3) is 0 Å². The van der Waals surface area contributed by atoms with E-state index in [2.05, 4.69) is 75.0 Å². The average molecular weight is 465 g/mol. The number of benzene rings is 2. The fourth-order valence-corrected chi connectivity index (χ4v) is 3.52. The van der Waals surface area contributed by atoms with Crippen molar-refractivity contribution in [1.29, 1.82) is 0 Å². The Labute approximate surface area is 147 Å². The number of rotatable bonds is 5. The van der Waals surface area contributed by atoms with E-state index in [1.54, 1.807) is 0 Å². The molecule has 0 heterocycles. The highest BCUT2D eigenvalue weighted by Gasteiger charge is 2.14. The Kier molecular flexibility index (Phi) is 6.33. The van der Waals surface area contributed by atoms with Crippen LogP contribution in [0, 0.1) is 3.57 Å². The Morgan fingerprint density at radius 2 is 2.05 bits per heavy atom. The third-order valence-corrected chi connectivity index (χ3v) is 4.82. The molecule has 0 aromatic heterocycles. The second-order valence-corrected chi connectivity index (χ2v) is 7.12. The maximum atomic E-state index is 6.08. The van der Waals surface area contributed by atoms with Crippen LogP contribution in [0.5, 0.6) is 0 Å². The smallest absolute Gasteiger partial charge is 0.0408 e. The second kappa shape index (κ2) is 7.78. The summed E-state index contributed by atoms with van der Waals surface area (Å²) in [4.78, 5) is 0. The number of halogens is 3. The molecule has 2 aromatic rings. The Morgan fingerprint density at radius 1 is 1.25 bits per heavy atom. The molecule has 0 bridgehead atoms. The van der Waals surface area contributed by atoms with E-state index in [1.165, 1.54) is 14.7 Å². The first-order chi connectivity index (χ1) is 9.60. The van der Waals surface area contributed by atoms with Gasteiger partial charge in [-0.25, -0.2) is 0 Å². The van der Waals surface area contributed by atoms with Gasteiger partial charge in [0.2, 0.25) is 0 Å². The molecule has 0 radical (unpaired) electrons. The van der Waals surface area contributed by atoms with Crippen LogP contribution in [0.3, 0.4) is 0 Å². The minimum Gasteiger partial charge on any atom is -0.310 e. The molecule has 2 rings (SSSR count). The summed E-state index contributed by atoms with van der Waals surface area (Å²) >= 11 is 12.0. The zero-order valence-electron chi connectivity index (χ0n) is 11.2. The summed E-state index contributed by atoms with van der Waals surface area (Å²) in [6.07, 6.45) is 0.931. The van der Waals surface area contributed by atoms with Gasteiger partial charge in [-0.1, -0.05) is 46.6 Å². The van der Waals surface area contributed by atoms with Crippen molar-refractivity contribution >= 4 is 50.1 Å². The van der Waals surface area contributed by atoms with Crippen molar-refractivity contribution in [2.45, 2.75) is 19.4 Å². The predicted octanol–water partition coefficient (Wildman–Crippen LogP) is 5.60. The van der Waals surface area contributed by atoms with Crippen molar-refractivity contribution in [2.75, 3.05) is 6.54 Å². The predicted molar refractivity (Wildman–Crippen MR) is 98.4 cm³/mol. The van der Waals surface area contributed by atoms with Crippen molar-refractivity contribution < 1.29 is 0 Å². The molecule has 0 saturated heterocycles. The minimum atomic E-state index is 0.294. The van der Waals surface area contributed by atoms with Gasteiger partial charge in [-0.05, 0) is 77.0 Å². The molecule has 106 valence electrons. The minimum absolute atomic E-state index is 0.294. The van der Waals surface area contributed by atoms with E-state index in [-0.39, 0.29) is 0 Å². The fraction of sp³-hybridized carbons (Fsp3) is 0.250. The van der Waals surface area contributed by atoms with Crippen LogP contribution in [0.1, 0.15) is 24.1 Å². The molecule has 1 unspecified atom stereocenters. The first kappa shape index (κ1) is 16.3. The first-order valence-electron chi connectivity index (χ1n) is 6.53. The number of likely N-dealkylation sites (N-methyl/N-ethyl adjacent to an activating group) is 1. The van der Waals surface area contributed by atoms with E-state index in [0.29, 0.717) is 6.04 Å². The third-order valence-electron chi connectivity index (χ3n) is 3.11. The Bertz CT molecular complexity index is 588. The monoisotopic (exact) mass is 463 g/mol. The van der Waals surface area contributed by atoms with Gasteiger partial charge in [0, 0.05) is 19.1 Å². The van der Waals surface area contributed by atoms with Crippen molar-refractivity contribution in [3.63, 3.8) is 0 Å². The lowest BCUT2D eigenvalue weighted by Gasteiger charge is -2.20. The molecule has 20 heavy (non-hydrogen) atoms. The molecule has 0 aliphatic rings. The standard InChI is InChI=1S/C16H16BrClIN/c1-2-20-16(9-11-4-3-5-13(18)8-11)14-10-12(17)6-7-15(14)19/h3-8,10,16,20H,2,9H2,1H3. The van der Waals surface area contributed by atoms with Crippen LogP contribution in [-0.4, -0.2) is 6.54 Å². The Hall–Kier alpha value is -0.100. The molecule has 2 aromatic carbocycles. The van der Waals surface area contributed by atoms with Crippen LogP contribution < -0.4 is 5.32 Å². The van der Waals surface area contributed by atoms with E-state index < -0.39 is 0 Å². The number of hydrogen-bond acceptors (Lipinski definition) is 1.